The summed E-state index contributed by atoms with van der Waals surface area (Å²) in [6.45, 7) is 5.70. The Kier molecular flexibility index (Phi) is 6.12. The summed E-state index contributed by atoms with van der Waals surface area (Å²) >= 11 is 3.41. The van der Waals surface area contributed by atoms with Crippen LogP contribution in [0.2, 0.25) is 0 Å². The fraction of sp³-hybridized carbons (Fsp3) is 0.636. The molecule has 0 aromatic rings. The highest BCUT2D eigenvalue weighted by molar-refractivity contribution is 9.10. The van der Waals surface area contributed by atoms with E-state index in [2.05, 4.69) is 48.0 Å². The van der Waals surface area contributed by atoms with Crippen molar-refractivity contribution in [2.75, 3.05) is 33.2 Å². The van der Waals surface area contributed by atoms with Gasteiger partial charge in [-0.1, -0.05) is 21.9 Å². The second-order valence-corrected chi connectivity index (χ2v) is 4.32. The lowest BCUT2D eigenvalue weighted by atomic mass is 10.4. The molecule has 1 N–H and O–H groups in total. The molecule has 1 aliphatic heterocycles. The molecule has 0 aromatic carbocycles. The van der Waals surface area contributed by atoms with Crippen LogP contribution in [-0.4, -0.2) is 55.1 Å². The highest BCUT2D eigenvalue weighted by atomic mass is 79.9. The summed E-state index contributed by atoms with van der Waals surface area (Å²) in [5, 5.41) is 3.30. The van der Waals surface area contributed by atoms with Crippen molar-refractivity contribution < 1.29 is 0 Å². The van der Waals surface area contributed by atoms with E-state index in [1.165, 1.54) is 0 Å². The van der Waals surface area contributed by atoms with Crippen LogP contribution in [0, 0.1) is 11.8 Å². The highest BCUT2D eigenvalue weighted by Crippen LogP contribution is 1.99. The average Bonchev–Trinajstić information content (AvgIpc) is 2.31. The van der Waals surface area contributed by atoms with Crippen LogP contribution in [0.3, 0.4) is 0 Å². The van der Waals surface area contributed by atoms with Gasteiger partial charge in [0.1, 0.15) is 4.83 Å². The summed E-state index contributed by atoms with van der Waals surface area (Å²) in [4.78, 5) is 10.7. The average molecular weight is 285 g/mol. The molecule has 0 radical (unpaired) electrons. The Morgan fingerprint density at radius 1 is 1.50 bits per heavy atom. The molecule has 1 atom stereocenters. The monoisotopic (exact) mass is 284 g/mol. The van der Waals surface area contributed by atoms with E-state index in [9.17, 15) is 0 Å². The molecule has 1 unspecified atom stereocenters. The van der Waals surface area contributed by atoms with Crippen molar-refractivity contribution in [3.8, 4) is 11.8 Å². The Labute approximate surface area is 105 Å². The summed E-state index contributed by atoms with van der Waals surface area (Å²) in [6.07, 6.45) is 1.78. The molecule has 0 amide bonds. The van der Waals surface area contributed by atoms with Crippen LogP contribution >= 0.6 is 15.9 Å². The van der Waals surface area contributed by atoms with Crippen LogP contribution in [0.5, 0.6) is 0 Å². The van der Waals surface area contributed by atoms with Crippen LogP contribution in [0.4, 0.5) is 0 Å². The molecule has 5 heteroatoms. The number of guanidine groups is 1. The van der Waals surface area contributed by atoms with E-state index in [0.717, 1.165) is 32.1 Å². The van der Waals surface area contributed by atoms with Gasteiger partial charge in [0.25, 0.3) is 0 Å². The van der Waals surface area contributed by atoms with Gasteiger partial charge in [-0.05, 0) is 6.92 Å². The number of nitrogens with zero attached hydrogens (tertiary/aromatic N) is 3. The van der Waals surface area contributed by atoms with Crippen molar-refractivity contribution in [3.63, 3.8) is 0 Å². The van der Waals surface area contributed by atoms with Crippen molar-refractivity contribution in [1.82, 2.24) is 10.2 Å². The molecule has 0 aliphatic carbocycles. The first kappa shape index (κ1) is 13.2. The van der Waals surface area contributed by atoms with E-state index >= 15 is 0 Å². The fourth-order valence-corrected chi connectivity index (χ4v) is 1.80. The number of hydrogen-bond acceptors (Lipinski definition) is 2. The number of hydrogen-bond donors (Lipinski definition) is 1. The zero-order valence-electron chi connectivity index (χ0n) is 9.70. The zero-order valence-corrected chi connectivity index (χ0v) is 11.3. The molecule has 0 bridgehead atoms. The molecule has 1 fully saturated rings. The summed E-state index contributed by atoms with van der Waals surface area (Å²) in [7, 11) is 1.77. The predicted octanol–water partition coefficient (Wildman–Crippen LogP) is 0.735. The molecule has 1 saturated heterocycles. The third-order valence-corrected chi connectivity index (χ3v) is 2.67. The van der Waals surface area contributed by atoms with Crippen molar-refractivity contribution in [3.05, 3.63) is 0 Å². The largest absolute Gasteiger partial charge is 0.339 e. The Morgan fingerprint density at radius 2 is 2.19 bits per heavy atom. The van der Waals surface area contributed by atoms with Gasteiger partial charge in [0.05, 0.1) is 0 Å². The standard InChI is InChI=1S/C11H17BrN4/c1-3-4-10(12)9-15-11(13-2)16-7-5-14-6-8-16/h9-10,14H,5-8H2,1-2H3. The van der Waals surface area contributed by atoms with E-state index in [1.54, 1.807) is 13.3 Å². The Hall–Kier alpha value is -0.860. The Bertz CT molecular complexity index is 321. The quantitative estimate of drug-likeness (QED) is 0.334. The second kappa shape index (κ2) is 7.42. The molecular formula is C11H17BrN4. The number of piperazine rings is 1. The Morgan fingerprint density at radius 3 is 2.75 bits per heavy atom. The number of nitrogens with one attached hydrogen (secondary N) is 1. The lowest BCUT2D eigenvalue weighted by Gasteiger charge is -2.27. The molecule has 88 valence electrons. The Balaban J connectivity index is 2.56. The van der Waals surface area contributed by atoms with Crippen molar-refractivity contribution in [1.29, 1.82) is 0 Å². The number of halogens is 1. The summed E-state index contributed by atoms with van der Waals surface area (Å²) in [6, 6.07) is 0. The van der Waals surface area contributed by atoms with Gasteiger partial charge in [-0.3, -0.25) is 4.99 Å². The maximum Gasteiger partial charge on any atom is 0.220 e. The van der Waals surface area contributed by atoms with Crippen molar-refractivity contribution >= 4 is 28.1 Å². The van der Waals surface area contributed by atoms with Crippen LogP contribution in [0.1, 0.15) is 6.92 Å². The summed E-state index contributed by atoms with van der Waals surface area (Å²) in [5.74, 6) is 6.58. The van der Waals surface area contributed by atoms with E-state index < -0.39 is 0 Å². The lowest BCUT2D eigenvalue weighted by Crippen LogP contribution is -2.46. The maximum atomic E-state index is 4.36. The van der Waals surface area contributed by atoms with Crippen LogP contribution in [0.25, 0.3) is 0 Å². The topological polar surface area (TPSA) is 40.0 Å². The van der Waals surface area contributed by atoms with Crippen molar-refractivity contribution in [2.24, 2.45) is 9.98 Å². The first-order valence-corrected chi connectivity index (χ1v) is 6.22. The van der Waals surface area contributed by atoms with E-state index in [1.807, 2.05) is 6.92 Å². The van der Waals surface area contributed by atoms with Gasteiger partial charge in [0.15, 0.2) is 0 Å². The summed E-state index contributed by atoms with van der Waals surface area (Å²) in [5.41, 5.74) is 0. The van der Waals surface area contributed by atoms with E-state index in [0.29, 0.717) is 0 Å². The van der Waals surface area contributed by atoms with Gasteiger partial charge in [-0.25, -0.2) is 4.99 Å². The molecule has 4 nitrogen and oxygen atoms in total. The molecular weight excluding hydrogens is 268 g/mol. The van der Waals surface area contributed by atoms with Crippen molar-refractivity contribution in [2.45, 2.75) is 11.8 Å². The summed E-state index contributed by atoms with van der Waals surface area (Å²) < 4.78 is 0. The fourth-order valence-electron chi connectivity index (χ4n) is 1.45. The zero-order chi connectivity index (χ0) is 11.8. The van der Waals surface area contributed by atoms with Gasteiger partial charge in [0, 0.05) is 39.4 Å². The van der Waals surface area contributed by atoms with E-state index in [-0.39, 0.29) is 4.83 Å². The van der Waals surface area contributed by atoms with E-state index in [4.69, 9.17) is 0 Å². The minimum absolute atomic E-state index is 0.00262. The maximum absolute atomic E-state index is 4.36. The van der Waals surface area contributed by atoms with Gasteiger partial charge >= 0.3 is 0 Å². The van der Waals surface area contributed by atoms with Gasteiger partial charge in [0.2, 0.25) is 5.96 Å². The first-order valence-electron chi connectivity index (χ1n) is 5.31. The molecule has 0 aromatic heterocycles. The number of aliphatic imine (C=N–C) groups is 2. The minimum atomic E-state index is -0.00262. The number of alkyl halides is 1. The molecule has 0 spiro atoms. The molecule has 1 rings (SSSR count). The lowest BCUT2D eigenvalue weighted by molar-refractivity contribution is 0.354. The minimum Gasteiger partial charge on any atom is -0.339 e. The SMILES string of the molecule is CC#CC(Br)C=NC(=NC)N1CCNCC1. The van der Waals surface area contributed by atoms with Gasteiger partial charge in [-0.2, -0.15) is 0 Å². The van der Waals surface area contributed by atoms with Crippen LogP contribution in [-0.2, 0) is 0 Å². The molecule has 1 aliphatic rings. The third kappa shape index (κ3) is 4.33. The molecule has 1 heterocycles. The normalized spacial score (nSPS) is 19.4. The molecule has 0 saturated carbocycles. The highest BCUT2D eigenvalue weighted by Gasteiger charge is 2.12. The van der Waals surface area contributed by atoms with Gasteiger partial charge < -0.3 is 10.2 Å². The number of rotatable bonds is 1. The third-order valence-electron chi connectivity index (χ3n) is 2.20. The predicted molar refractivity (Wildman–Crippen MR) is 72.5 cm³/mol. The van der Waals surface area contributed by atoms with Crippen LogP contribution in [0.15, 0.2) is 9.98 Å². The smallest absolute Gasteiger partial charge is 0.220 e. The second-order valence-electron chi connectivity index (χ2n) is 3.33. The van der Waals surface area contributed by atoms with Gasteiger partial charge in [-0.15, -0.1) is 5.92 Å². The molecule has 16 heavy (non-hydrogen) atoms. The first-order chi connectivity index (χ1) is 7.77. The van der Waals surface area contributed by atoms with Crippen LogP contribution < -0.4 is 5.32 Å².